The Hall–Kier alpha value is -10.1. The van der Waals surface area contributed by atoms with Crippen LogP contribution in [0.4, 0.5) is 11.6 Å². The van der Waals surface area contributed by atoms with Gasteiger partial charge in [-0.3, -0.25) is 9.97 Å². The van der Waals surface area contributed by atoms with Gasteiger partial charge < -0.3 is 15.0 Å². The summed E-state index contributed by atoms with van der Waals surface area (Å²) in [5.74, 6) is 1.96. The van der Waals surface area contributed by atoms with E-state index < -0.39 is 25.6 Å². The Morgan fingerprint density at radius 2 is 1.01 bits per heavy atom. The van der Waals surface area contributed by atoms with Crippen LogP contribution in [-0.2, 0) is 39.7 Å². The molecule has 4 N–H and O–H groups in total. The average molecular weight is 1160 g/mol. The van der Waals surface area contributed by atoms with Crippen molar-refractivity contribution < 1.29 is 21.6 Å². The zero-order valence-electron chi connectivity index (χ0n) is 47.0. The number of hydrogen-bond donors (Lipinski definition) is 3. The molecule has 17 heteroatoms. The largest absolute Gasteiger partial charge is 0.497 e. The standard InChI is InChI=1S/C40H37N5O3S.C28H21N5O2S/c1-40(2,3)44-49(46,47)33-22-31(24-42-25-33)37-35-17-11-16-34(30-14-9-6-10-15-30)38(35)39(43-36(37)23-41)45(26-28-12-7-5-8-13-28)27-29-18-20-32(48-4)21-19-29;29-15-25-26(21-14-22(18-31-17-21)36(30,34)35)24-13-7-12-23(20-10-5-2-6-11-20)27(24)28(33-25)32-16-19-8-3-1-4-9-19/h5-22,24-25,44H,26-27H2,1-4H3;1-14,17-18H,16H2,(H,32,33)(H2,30,34,35). The van der Waals surface area contributed by atoms with Crippen LogP contribution in [0.1, 0.15) is 48.8 Å². The number of nitrogens with zero attached hydrogens (tertiary/aromatic N) is 7. The average Bonchev–Trinajstić information content (AvgIpc) is 2.06. The summed E-state index contributed by atoms with van der Waals surface area (Å²) in [6.45, 7) is 6.88. The summed E-state index contributed by atoms with van der Waals surface area (Å²) in [5.41, 5.74) is 8.58. The van der Waals surface area contributed by atoms with Gasteiger partial charge in [-0.2, -0.15) is 10.5 Å². The summed E-state index contributed by atoms with van der Waals surface area (Å²) in [6, 6.07) is 67.2. The molecule has 0 aliphatic rings. The third-order valence-corrected chi connectivity index (χ3v) is 16.5. The SMILES string of the molecule is COc1ccc(CN(Cc2ccccc2)c2nc(C#N)c(-c3cncc(S(=O)(=O)NC(C)(C)C)c3)c3cccc(-c4ccccc4)c23)cc1.N#Cc1nc(NCc2ccccc2)c2c(-c3ccccc3)cccc2c1-c1cncc(S(N)(=O)=O)c1. The molecule has 0 fully saturated rings. The van der Waals surface area contributed by atoms with Crippen LogP contribution in [0.5, 0.6) is 5.75 Å². The van der Waals surface area contributed by atoms with Crippen LogP contribution in [0.25, 0.3) is 66.1 Å². The maximum absolute atomic E-state index is 13.4. The molecule has 0 aliphatic carbocycles. The van der Waals surface area contributed by atoms with Gasteiger partial charge in [0.15, 0.2) is 11.4 Å². The van der Waals surface area contributed by atoms with Crippen LogP contribution in [0.2, 0.25) is 0 Å². The molecule has 0 atom stereocenters. The van der Waals surface area contributed by atoms with E-state index >= 15 is 0 Å². The minimum absolute atomic E-state index is 0.00506. The van der Waals surface area contributed by atoms with Gasteiger partial charge in [-0.1, -0.05) is 170 Å². The summed E-state index contributed by atoms with van der Waals surface area (Å²) in [4.78, 5) is 20.3. The number of fused-ring (bicyclic) bond motifs is 2. The quantitative estimate of drug-likeness (QED) is 0.0818. The molecular formula is C68H58N10O5S2. The Kier molecular flexibility index (Phi) is 17.2. The zero-order chi connectivity index (χ0) is 59.7. The van der Waals surface area contributed by atoms with E-state index in [1.54, 1.807) is 40.1 Å². The first-order valence-electron chi connectivity index (χ1n) is 27.0. The number of sulfonamides is 2. The maximum atomic E-state index is 13.4. The lowest BCUT2D eigenvalue weighted by Crippen LogP contribution is -2.40. The van der Waals surface area contributed by atoms with E-state index in [0.29, 0.717) is 53.5 Å². The van der Waals surface area contributed by atoms with E-state index in [9.17, 15) is 27.4 Å². The number of nitriles is 2. The Morgan fingerprint density at radius 3 is 1.53 bits per heavy atom. The number of hydrogen-bond acceptors (Lipinski definition) is 13. The number of ether oxygens (including phenoxy) is 1. The monoisotopic (exact) mass is 1160 g/mol. The number of anilines is 2. The summed E-state index contributed by atoms with van der Waals surface area (Å²) in [5, 5.41) is 32.6. The van der Waals surface area contributed by atoms with E-state index in [4.69, 9.17) is 19.8 Å². The van der Waals surface area contributed by atoms with Gasteiger partial charge in [0.2, 0.25) is 20.0 Å². The second-order valence-corrected chi connectivity index (χ2v) is 24.2. The van der Waals surface area contributed by atoms with Crippen LogP contribution in [0.15, 0.2) is 229 Å². The molecule has 0 radical (unpaired) electrons. The highest BCUT2D eigenvalue weighted by atomic mass is 32.2. The lowest BCUT2D eigenvalue weighted by molar-refractivity contribution is 0.414. The Balaban J connectivity index is 0.000000198. The fraction of sp³-hybridized carbons (Fsp3) is 0.118. The molecule has 0 saturated heterocycles. The second kappa shape index (κ2) is 25.2. The predicted octanol–water partition coefficient (Wildman–Crippen LogP) is 13.2. The van der Waals surface area contributed by atoms with Crippen LogP contribution < -0.4 is 24.8 Å². The van der Waals surface area contributed by atoms with E-state index in [1.165, 1.54) is 24.7 Å². The fourth-order valence-electron chi connectivity index (χ4n) is 10.2. The topological polar surface area (TPSA) is 230 Å². The Morgan fingerprint density at radius 1 is 0.541 bits per heavy atom. The van der Waals surface area contributed by atoms with E-state index in [1.807, 2.05) is 164 Å². The molecule has 15 nitrogen and oxygen atoms in total. The van der Waals surface area contributed by atoms with Crippen molar-refractivity contribution in [1.29, 1.82) is 10.5 Å². The molecule has 4 aromatic heterocycles. The Labute approximate surface area is 494 Å². The van der Waals surface area contributed by atoms with Gasteiger partial charge in [0.05, 0.1) is 7.11 Å². The van der Waals surface area contributed by atoms with Crippen LogP contribution in [0, 0.1) is 22.7 Å². The third kappa shape index (κ3) is 13.4. The maximum Gasteiger partial charge on any atom is 0.242 e. The molecule has 4 heterocycles. The first-order chi connectivity index (χ1) is 41.0. The minimum atomic E-state index is -3.98. The lowest BCUT2D eigenvalue weighted by atomic mass is 9.92. The highest BCUT2D eigenvalue weighted by molar-refractivity contribution is 7.89. The van der Waals surface area contributed by atoms with Gasteiger partial charge in [-0.05, 0) is 94.8 Å². The zero-order valence-corrected chi connectivity index (χ0v) is 48.6. The number of nitrogens with two attached hydrogens (primary N) is 1. The second-order valence-electron chi connectivity index (χ2n) is 21.0. The first kappa shape index (κ1) is 58.1. The molecule has 7 aromatic carbocycles. The highest BCUT2D eigenvalue weighted by Crippen LogP contribution is 2.43. The number of benzene rings is 7. The number of primary sulfonamides is 1. The van der Waals surface area contributed by atoms with Gasteiger partial charge >= 0.3 is 0 Å². The smallest absolute Gasteiger partial charge is 0.242 e. The van der Waals surface area contributed by atoms with Crippen molar-refractivity contribution in [3.63, 3.8) is 0 Å². The van der Waals surface area contributed by atoms with E-state index in [-0.39, 0.29) is 21.2 Å². The number of nitrogens with one attached hydrogen (secondary N) is 2. The summed E-state index contributed by atoms with van der Waals surface area (Å²) in [7, 11) is -6.24. The molecule has 0 unspecified atom stereocenters. The lowest BCUT2D eigenvalue weighted by Gasteiger charge is -2.28. The van der Waals surface area contributed by atoms with Crippen molar-refractivity contribution in [3.8, 4) is 62.4 Å². The first-order valence-corrected chi connectivity index (χ1v) is 30.1. The molecule has 0 bridgehead atoms. The number of rotatable bonds is 16. The van der Waals surface area contributed by atoms with Gasteiger partial charge in [-0.25, -0.2) is 36.7 Å². The van der Waals surface area contributed by atoms with Crippen molar-refractivity contribution in [1.82, 2.24) is 24.7 Å². The van der Waals surface area contributed by atoms with Gasteiger partial charge in [0.25, 0.3) is 0 Å². The number of methoxy groups -OCH3 is 1. The van der Waals surface area contributed by atoms with Crippen molar-refractivity contribution in [2.45, 2.75) is 55.7 Å². The van der Waals surface area contributed by atoms with Crippen molar-refractivity contribution >= 4 is 53.2 Å². The van der Waals surface area contributed by atoms with Gasteiger partial charge in [0, 0.05) is 83.0 Å². The number of aromatic nitrogens is 4. The van der Waals surface area contributed by atoms with Crippen LogP contribution in [0.3, 0.4) is 0 Å². The summed E-state index contributed by atoms with van der Waals surface area (Å²) in [6.07, 6.45) is 5.60. The van der Waals surface area contributed by atoms with Gasteiger partial charge in [-0.15, -0.1) is 0 Å². The highest BCUT2D eigenvalue weighted by Gasteiger charge is 2.27. The molecule has 0 amide bonds. The summed E-state index contributed by atoms with van der Waals surface area (Å²) >= 11 is 0. The van der Waals surface area contributed by atoms with Gasteiger partial charge in [0.1, 0.15) is 39.3 Å². The van der Waals surface area contributed by atoms with Crippen LogP contribution >= 0.6 is 0 Å². The molecular weight excluding hydrogens is 1100 g/mol. The molecule has 0 spiro atoms. The van der Waals surface area contributed by atoms with E-state index in [2.05, 4.69) is 55.2 Å². The third-order valence-electron chi connectivity index (χ3n) is 13.9. The minimum Gasteiger partial charge on any atom is -0.497 e. The fourth-order valence-corrected chi connectivity index (χ4v) is 12.1. The molecule has 85 heavy (non-hydrogen) atoms. The van der Waals surface area contributed by atoms with Crippen molar-refractivity contribution in [2.75, 3.05) is 17.3 Å². The van der Waals surface area contributed by atoms with E-state index in [0.717, 1.165) is 66.2 Å². The predicted molar refractivity (Wildman–Crippen MR) is 335 cm³/mol. The molecule has 0 saturated carbocycles. The summed E-state index contributed by atoms with van der Waals surface area (Å²) < 4.78 is 58.8. The number of pyridine rings is 4. The molecule has 11 rings (SSSR count). The normalized spacial score (nSPS) is 11.5. The van der Waals surface area contributed by atoms with Crippen LogP contribution in [-0.4, -0.2) is 49.4 Å². The van der Waals surface area contributed by atoms with Crippen molar-refractivity contribution in [3.05, 3.63) is 247 Å². The Bertz CT molecular complexity index is 4540. The van der Waals surface area contributed by atoms with Crippen molar-refractivity contribution in [2.24, 2.45) is 5.14 Å². The molecule has 0 aliphatic heterocycles. The molecule has 11 aromatic rings. The molecule has 422 valence electrons.